The van der Waals surface area contributed by atoms with Crippen LogP contribution in [0.1, 0.15) is 24.0 Å². The summed E-state index contributed by atoms with van der Waals surface area (Å²) in [5.41, 5.74) is 3.83. The summed E-state index contributed by atoms with van der Waals surface area (Å²) >= 11 is 0. The van der Waals surface area contributed by atoms with Crippen LogP contribution < -0.4 is 9.64 Å². The zero-order valence-corrected chi connectivity index (χ0v) is 16.6. The van der Waals surface area contributed by atoms with Crippen molar-refractivity contribution in [3.8, 4) is 11.8 Å². The first-order valence-corrected chi connectivity index (χ1v) is 9.65. The van der Waals surface area contributed by atoms with E-state index in [1.54, 1.807) is 0 Å². The summed E-state index contributed by atoms with van der Waals surface area (Å²) in [5, 5.41) is 8.86. The molecule has 0 atom stereocenters. The van der Waals surface area contributed by atoms with Crippen LogP contribution in [-0.4, -0.2) is 44.1 Å². The van der Waals surface area contributed by atoms with Crippen LogP contribution in [0.25, 0.3) is 6.08 Å². The van der Waals surface area contributed by atoms with Crippen molar-refractivity contribution >= 4 is 17.5 Å². The molecule has 6 heteroatoms. The van der Waals surface area contributed by atoms with Crippen LogP contribution in [0.4, 0.5) is 20.2 Å². The molecule has 0 saturated carbocycles. The van der Waals surface area contributed by atoms with Gasteiger partial charge in [-0.25, -0.2) is 8.78 Å². The molecule has 152 valence electrons. The molecule has 0 bridgehead atoms. The molecule has 2 heterocycles. The average molecular weight is 397 g/mol. The van der Waals surface area contributed by atoms with Crippen LogP contribution in [0.15, 0.2) is 49.0 Å². The first-order chi connectivity index (χ1) is 13.9. The number of halogens is 2. The van der Waals surface area contributed by atoms with E-state index in [4.69, 9.17) is 10.00 Å². The Kier molecular flexibility index (Phi) is 6.50. The van der Waals surface area contributed by atoms with Gasteiger partial charge in [-0.15, -0.1) is 0 Å². The third kappa shape index (κ3) is 5.33. The van der Waals surface area contributed by atoms with Gasteiger partial charge >= 0.3 is 0 Å². The number of nitrogens with zero attached hydrogens (tertiary/aromatic N) is 3. The molecule has 2 aliphatic heterocycles. The van der Waals surface area contributed by atoms with Gasteiger partial charge in [0.1, 0.15) is 12.4 Å². The number of nitriles is 1. The van der Waals surface area contributed by atoms with Gasteiger partial charge in [0.25, 0.3) is 5.92 Å². The van der Waals surface area contributed by atoms with Gasteiger partial charge in [0.15, 0.2) is 0 Å². The van der Waals surface area contributed by atoms with E-state index in [0.717, 1.165) is 29.2 Å². The van der Waals surface area contributed by atoms with Crippen LogP contribution >= 0.6 is 0 Å². The highest BCUT2D eigenvalue weighted by molar-refractivity contribution is 5.72. The third-order valence-electron chi connectivity index (χ3n) is 5.11. The summed E-state index contributed by atoms with van der Waals surface area (Å²) in [6, 6.07) is 15.8. The largest absolute Gasteiger partial charge is 0.490 e. The number of ether oxygens (including phenoxy) is 1. The number of hydrogen-bond donors (Lipinski definition) is 0. The van der Waals surface area contributed by atoms with Crippen LogP contribution in [0.3, 0.4) is 0 Å². The first-order valence-electron chi connectivity index (χ1n) is 9.65. The number of anilines is 2. The molecule has 29 heavy (non-hydrogen) atoms. The van der Waals surface area contributed by atoms with Gasteiger partial charge in [-0.1, -0.05) is 18.7 Å². The molecule has 0 radical (unpaired) electrons. The third-order valence-corrected chi connectivity index (χ3v) is 5.11. The monoisotopic (exact) mass is 397 g/mol. The lowest BCUT2D eigenvalue weighted by molar-refractivity contribution is -0.0504. The maximum atomic E-state index is 12.4. The minimum atomic E-state index is -2.38. The lowest BCUT2D eigenvalue weighted by Gasteiger charge is -2.31. The number of benzene rings is 2. The van der Waals surface area contributed by atoms with Gasteiger partial charge < -0.3 is 14.5 Å². The highest BCUT2D eigenvalue weighted by atomic mass is 19.3. The summed E-state index contributed by atoms with van der Waals surface area (Å²) in [7, 11) is 1.87. The molecule has 0 unspecified atom stereocenters. The smallest absolute Gasteiger partial charge is 0.250 e. The second-order valence-electron chi connectivity index (χ2n) is 7.25. The lowest BCUT2D eigenvalue weighted by Crippen LogP contribution is -2.36. The molecule has 4 nitrogen and oxygen atoms in total. The minimum Gasteiger partial charge on any atom is -0.490 e. The van der Waals surface area contributed by atoms with E-state index in [-0.39, 0.29) is 12.8 Å². The fourth-order valence-electron chi connectivity index (χ4n) is 3.29. The minimum absolute atomic E-state index is 0.0312. The van der Waals surface area contributed by atoms with Crippen LogP contribution in [0.5, 0.6) is 5.75 Å². The molecule has 0 amide bonds. The standard InChI is InChI=1S/C17H14N2O.C6H11F2N/c1-2-13-5-8-16-17(11-13)20-10-9-19(16)15-6-3-14(12-18)4-7-15;1-9-4-2-6(7,8)3-5-9/h2-8,11H,1,9-10H2;2-5H2,1H3. The van der Waals surface area contributed by atoms with Gasteiger partial charge in [-0.05, 0) is 49.0 Å². The summed E-state index contributed by atoms with van der Waals surface area (Å²) in [6.45, 7) is 6.29. The van der Waals surface area contributed by atoms with Crippen molar-refractivity contribution in [2.45, 2.75) is 18.8 Å². The van der Waals surface area contributed by atoms with Crippen molar-refractivity contribution in [3.05, 3.63) is 60.2 Å². The Morgan fingerprint density at radius 1 is 1.10 bits per heavy atom. The quantitative estimate of drug-likeness (QED) is 0.709. The predicted molar refractivity (Wildman–Crippen MR) is 112 cm³/mol. The van der Waals surface area contributed by atoms with E-state index in [1.165, 1.54) is 0 Å². The summed E-state index contributed by atoms with van der Waals surface area (Å²) in [6.07, 6.45) is 1.87. The van der Waals surface area contributed by atoms with E-state index in [1.807, 2.05) is 60.5 Å². The average Bonchev–Trinajstić information content (AvgIpc) is 2.75. The molecule has 1 saturated heterocycles. The molecular formula is C23H25F2N3O. The summed E-state index contributed by atoms with van der Waals surface area (Å²) in [5.74, 6) is -1.51. The second-order valence-corrected chi connectivity index (χ2v) is 7.25. The maximum absolute atomic E-state index is 12.4. The first kappa shape index (κ1) is 20.8. The topological polar surface area (TPSA) is 39.5 Å². The predicted octanol–water partition coefficient (Wildman–Crippen LogP) is 5.08. The van der Waals surface area contributed by atoms with Crippen LogP contribution in [0, 0.1) is 11.3 Å². The molecule has 0 N–H and O–H groups in total. The molecular weight excluding hydrogens is 372 g/mol. The zero-order chi connectivity index (χ0) is 20.9. The fourth-order valence-corrected chi connectivity index (χ4v) is 3.29. The van der Waals surface area contributed by atoms with Crippen molar-refractivity contribution < 1.29 is 13.5 Å². The van der Waals surface area contributed by atoms with E-state index in [2.05, 4.69) is 17.5 Å². The van der Waals surface area contributed by atoms with Crippen molar-refractivity contribution in [3.63, 3.8) is 0 Å². The Morgan fingerprint density at radius 3 is 2.38 bits per heavy atom. The van der Waals surface area contributed by atoms with E-state index in [9.17, 15) is 8.78 Å². The number of hydrogen-bond acceptors (Lipinski definition) is 4. The Balaban J connectivity index is 0.000000224. The number of fused-ring (bicyclic) bond motifs is 1. The Bertz CT molecular complexity index is 880. The number of rotatable bonds is 2. The summed E-state index contributed by atoms with van der Waals surface area (Å²) in [4.78, 5) is 4.13. The van der Waals surface area contributed by atoms with Crippen molar-refractivity contribution in [2.75, 3.05) is 38.2 Å². The SMILES string of the molecule is C=Cc1ccc2c(c1)OCCN2c1ccc(C#N)cc1.CN1CCC(F)(F)CC1. The molecule has 4 rings (SSSR count). The Hall–Kier alpha value is -2.91. The summed E-state index contributed by atoms with van der Waals surface area (Å²) < 4.78 is 30.4. The number of alkyl halides is 2. The Morgan fingerprint density at radius 2 is 1.79 bits per heavy atom. The molecule has 0 aromatic heterocycles. The van der Waals surface area contributed by atoms with Crippen molar-refractivity contribution in [1.82, 2.24) is 4.90 Å². The van der Waals surface area contributed by atoms with Gasteiger partial charge in [0.2, 0.25) is 0 Å². The second kappa shape index (κ2) is 9.06. The fraction of sp³-hybridized carbons (Fsp3) is 0.348. The number of piperidine rings is 1. The van der Waals surface area contributed by atoms with Gasteiger partial charge in [-0.2, -0.15) is 5.26 Å². The van der Waals surface area contributed by atoms with Crippen molar-refractivity contribution in [1.29, 1.82) is 5.26 Å². The highest BCUT2D eigenvalue weighted by Crippen LogP contribution is 2.37. The van der Waals surface area contributed by atoms with Gasteiger partial charge in [-0.3, -0.25) is 0 Å². The molecule has 2 aromatic rings. The molecule has 1 fully saturated rings. The van der Waals surface area contributed by atoms with Gasteiger partial charge in [0, 0.05) is 31.6 Å². The molecule has 2 aliphatic rings. The molecule has 2 aromatic carbocycles. The molecule has 0 spiro atoms. The van der Waals surface area contributed by atoms with Crippen LogP contribution in [-0.2, 0) is 0 Å². The lowest BCUT2D eigenvalue weighted by atomic mass is 10.1. The maximum Gasteiger partial charge on any atom is 0.250 e. The highest BCUT2D eigenvalue weighted by Gasteiger charge is 2.32. The zero-order valence-electron chi connectivity index (χ0n) is 16.6. The van der Waals surface area contributed by atoms with Crippen LogP contribution in [0.2, 0.25) is 0 Å². The van der Waals surface area contributed by atoms with Gasteiger partial charge in [0.05, 0.1) is 23.9 Å². The Labute approximate surface area is 170 Å². The van der Waals surface area contributed by atoms with E-state index in [0.29, 0.717) is 25.3 Å². The van der Waals surface area contributed by atoms with E-state index < -0.39 is 5.92 Å². The van der Waals surface area contributed by atoms with Crippen molar-refractivity contribution in [2.24, 2.45) is 0 Å². The number of likely N-dealkylation sites (tertiary alicyclic amines) is 1. The molecule has 0 aliphatic carbocycles. The van der Waals surface area contributed by atoms with E-state index >= 15 is 0 Å². The normalized spacial score (nSPS) is 17.8.